The first-order valence-corrected chi connectivity index (χ1v) is 6.22. The molecule has 0 saturated carbocycles. The molecule has 0 aromatic heterocycles. The summed E-state index contributed by atoms with van der Waals surface area (Å²) >= 11 is 0. The molecule has 0 fully saturated rings. The van der Waals surface area contributed by atoms with Crippen molar-refractivity contribution >= 4 is 0 Å². The minimum Gasteiger partial charge on any atom is -0.318 e. The van der Waals surface area contributed by atoms with E-state index in [0.29, 0.717) is 5.92 Å². The Kier molecular flexibility index (Phi) is 6.12. The van der Waals surface area contributed by atoms with Crippen molar-refractivity contribution in [1.82, 2.24) is 10.6 Å². The Morgan fingerprint density at radius 3 is 2.38 bits per heavy atom. The largest absolute Gasteiger partial charge is 0.318 e. The summed E-state index contributed by atoms with van der Waals surface area (Å²) in [5.41, 5.74) is 2.81. The number of hydrogen-bond donors (Lipinski definition) is 2. The van der Waals surface area contributed by atoms with Crippen molar-refractivity contribution < 1.29 is 0 Å². The van der Waals surface area contributed by atoms with Gasteiger partial charge in [-0.2, -0.15) is 0 Å². The molecule has 1 aromatic rings. The van der Waals surface area contributed by atoms with E-state index in [0.717, 1.165) is 19.6 Å². The summed E-state index contributed by atoms with van der Waals surface area (Å²) < 4.78 is 0. The molecule has 1 aromatic carbocycles. The molecule has 0 aliphatic rings. The van der Waals surface area contributed by atoms with Gasteiger partial charge >= 0.3 is 0 Å². The van der Waals surface area contributed by atoms with E-state index in [9.17, 15) is 0 Å². The maximum atomic E-state index is 3.40. The number of likely N-dealkylation sites (N-methyl/N-ethyl adjacent to an activating group) is 1. The van der Waals surface area contributed by atoms with E-state index < -0.39 is 0 Å². The fourth-order valence-corrected chi connectivity index (χ4v) is 1.65. The molecule has 2 N–H and O–H groups in total. The zero-order valence-electron chi connectivity index (χ0n) is 10.7. The van der Waals surface area contributed by atoms with E-state index in [1.165, 1.54) is 17.5 Å². The molecule has 2 heteroatoms. The molecule has 0 heterocycles. The molecule has 0 saturated heterocycles. The highest BCUT2D eigenvalue weighted by atomic mass is 14.9. The van der Waals surface area contributed by atoms with Crippen LogP contribution in [0.15, 0.2) is 24.3 Å². The number of nitrogens with one attached hydrogen (secondary N) is 2. The second kappa shape index (κ2) is 7.42. The van der Waals surface area contributed by atoms with Crippen LogP contribution in [0.25, 0.3) is 0 Å². The van der Waals surface area contributed by atoms with Crippen LogP contribution in [0, 0.1) is 0 Å². The van der Waals surface area contributed by atoms with Crippen LogP contribution < -0.4 is 10.6 Å². The van der Waals surface area contributed by atoms with Gasteiger partial charge in [-0.25, -0.2) is 0 Å². The molecular weight excluding hydrogens is 196 g/mol. The van der Waals surface area contributed by atoms with Crippen LogP contribution in [0.1, 0.15) is 37.3 Å². The van der Waals surface area contributed by atoms with Crippen molar-refractivity contribution in [2.45, 2.75) is 32.7 Å². The van der Waals surface area contributed by atoms with E-state index in [-0.39, 0.29) is 0 Å². The van der Waals surface area contributed by atoms with Crippen LogP contribution in [-0.2, 0) is 6.54 Å². The van der Waals surface area contributed by atoms with Crippen molar-refractivity contribution in [2.75, 3.05) is 20.1 Å². The average Bonchev–Trinajstić information content (AvgIpc) is 2.34. The Hall–Kier alpha value is -0.860. The molecule has 0 amide bonds. The maximum Gasteiger partial charge on any atom is 0.0206 e. The second-order valence-electron chi connectivity index (χ2n) is 4.33. The topological polar surface area (TPSA) is 24.1 Å². The highest BCUT2D eigenvalue weighted by Crippen LogP contribution is 2.18. The first-order chi connectivity index (χ1) is 7.77. The van der Waals surface area contributed by atoms with Crippen molar-refractivity contribution in [3.05, 3.63) is 35.4 Å². The average molecular weight is 220 g/mol. The summed E-state index contributed by atoms with van der Waals surface area (Å²) in [7, 11) is 1.97. The molecule has 0 aliphatic carbocycles. The van der Waals surface area contributed by atoms with Gasteiger partial charge in [0.05, 0.1) is 0 Å². The minimum absolute atomic E-state index is 0.673. The van der Waals surface area contributed by atoms with Crippen molar-refractivity contribution in [3.8, 4) is 0 Å². The highest BCUT2D eigenvalue weighted by molar-refractivity contribution is 5.24. The van der Waals surface area contributed by atoms with Crippen LogP contribution in [0.5, 0.6) is 0 Å². The standard InChI is InChI=1S/C14H24N2/c1-4-12(2)14-7-5-13(6-8-14)11-16-10-9-15-3/h5-8,12,15-16H,4,9-11H2,1-3H3. The van der Waals surface area contributed by atoms with Crippen molar-refractivity contribution in [1.29, 1.82) is 0 Å². The zero-order chi connectivity index (χ0) is 11.8. The fraction of sp³-hybridized carbons (Fsp3) is 0.571. The molecule has 0 spiro atoms. The Labute approximate surface area is 99.5 Å². The second-order valence-corrected chi connectivity index (χ2v) is 4.33. The first kappa shape index (κ1) is 13.2. The third kappa shape index (κ3) is 4.33. The SMILES string of the molecule is CCC(C)c1ccc(CNCCNC)cc1. The summed E-state index contributed by atoms with van der Waals surface area (Å²) in [5, 5.41) is 6.53. The van der Waals surface area contributed by atoms with Gasteiger partial charge in [0.15, 0.2) is 0 Å². The van der Waals surface area contributed by atoms with Crippen LogP contribution >= 0.6 is 0 Å². The van der Waals surface area contributed by atoms with Gasteiger partial charge in [0.2, 0.25) is 0 Å². The maximum absolute atomic E-state index is 3.40. The fourth-order valence-electron chi connectivity index (χ4n) is 1.65. The van der Waals surface area contributed by atoms with Crippen LogP contribution in [0.2, 0.25) is 0 Å². The molecular formula is C14H24N2. The third-order valence-corrected chi connectivity index (χ3v) is 3.04. The van der Waals surface area contributed by atoms with E-state index in [1.807, 2.05) is 7.05 Å². The number of hydrogen-bond acceptors (Lipinski definition) is 2. The van der Waals surface area contributed by atoms with Gasteiger partial charge in [0.25, 0.3) is 0 Å². The molecule has 16 heavy (non-hydrogen) atoms. The molecule has 0 aliphatic heterocycles. The van der Waals surface area contributed by atoms with Crippen molar-refractivity contribution in [3.63, 3.8) is 0 Å². The van der Waals surface area contributed by atoms with Crippen LogP contribution in [0.3, 0.4) is 0 Å². The predicted molar refractivity (Wildman–Crippen MR) is 70.8 cm³/mol. The van der Waals surface area contributed by atoms with Gasteiger partial charge in [-0.3, -0.25) is 0 Å². The molecule has 0 radical (unpaired) electrons. The third-order valence-electron chi connectivity index (χ3n) is 3.04. The van der Waals surface area contributed by atoms with E-state index in [2.05, 4.69) is 48.7 Å². The normalized spacial score (nSPS) is 12.7. The Bertz CT molecular complexity index is 279. The predicted octanol–water partition coefficient (Wildman–Crippen LogP) is 2.51. The molecule has 0 bridgehead atoms. The lowest BCUT2D eigenvalue weighted by atomic mass is 9.98. The van der Waals surface area contributed by atoms with E-state index >= 15 is 0 Å². The lowest BCUT2D eigenvalue weighted by molar-refractivity contribution is 0.650. The smallest absolute Gasteiger partial charge is 0.0206 e. The molecule has 90 valence electrons. The minimum atomic E-state index is 0.673. The molecule has 1 rings (SSSR count). The molecule has 2 nitrogen and oxygen atoms in total. The molecule has 1 atom stereocenters. The van der Waals surface area contributed by atoms with Gasteiger partial charge in [0, 0.05) is 19.6 Å². The van der Waals surface area contributed by atoms with Gasteiger partial charge < -0.3 is 10.6 Å². The highest BCUT2D eigenvalue weighted by Gasteiger charge is 2.01. The van der Waals surface area contributed by atoms with Crippen LogP contribution in [0.4, 0.5) is 0 Å². The van der Waals surface area contributed by atoms with Crippen molar-refractivity contribution in [2.24, 2.45) is 0 Å². The molecule has 1 unspecified atom stereocenters. The summed E-state index contributed by atoms with van der Waals surface area (Å²) in [4.78, 5) is 0. The van der Waals surface area contributed by atoms with E-state index in [1.54, 1.807) is 0 Å². The quantitative estimate of drug-likeness (QED) is 0.690. The van der Waals surface area contributed by atoms with Gasteiger partial charge in [-0.1, -0.05) is 38.1 Å². The summed E-state index contributed by atoms with van der Waals surface area (Å²) in [6.07, 6.45) is 1.21. The first-order valence-electron chi connectivity index (χ1n) is 6.22. The Balaban J connectivity index is 2.39. The lowest BCUT2D eigenvalue weighted by Crippen LogP contribution is -2.24. The van der Waals surface area contributed by atoms with Gasteiger partial charge in [-0.05, 0) is 30.5 Å². The summed E-state index contributed by atoms with van der Waals surface area (Å²) in [6, 6.07) is 8.97. The Morgan fingerprint density at radius 2 is 1.81 bits per heavy atom. The summed E-state index contributed by atoms with van der Waals surface area (Å²) in [5.74, 6) is 0.673. The van der Waals surface area contributed by atoms with Gasteiger partial charge in [-0.15, -0.1) is 0 Å². The zero-order valence-corrected chi connectivity index (χ0v) is 10.7. The van der Waals surface area contributed by atoms with Crippen LogP contribution in [-0.4, -0.2) is 20.1 Å². The number of benzene rings is 1. The lowest BCUT2D eigenvalue weighted by Gasteiger charge is -2.10. The van der Waals surface area contributed by atoms with Gasteiger partial charge in [0.1, 0.15) is 0 Å². The Morgan fingerprint density at radius 1 is 1.12 bits per heavy atom. The van der Waals surface area contributed by atoms with E-state index in [4.69, 9.17) is 0 Å². The summed E-state index contributed by atoms with van der Waals surface area (Å²) in [6.45, 7) is 7.51. The number of rotatable bonds is 7. The monoisotopic (exact) mass is 220 g/mol.